The van der Waals surface area contributed by atoms with Gasteiger partial charge in [-0.05, 0) is 48.7 Å². The Morgan fingerprint density at radius 1 is 1.03 bits per heavy atom. The van der Waals surface area contributed by atoms with E-state index in [1.165, 1.54) is 12.3 Å². The maximum Gasteiger partial charge on any atom is 0.128 e. The third-order valence-electron chi connectivity index (χ3n) is 5.74. The largest absolute Gasteiger partial charge is 0.386 e. The van der Waals surface area contributed by atoms with Crippen LogP contribution in [0.15, 0.2) is 72.9 Å². The van der Waals surface area contributed by atoms with Crippen LogP contribution in [-0.4, -0.2) is 16.8 Å². The van der Waals surface area contributed by atoms with Crippen molar-refractivity contribution in [2.75, 3.05) is 12.0 Å². The number of fused-ring (bicyclic) bond motifs is 1. The minimum atomic E-state index is -0.922. The zero-order valence-corrected chi connectivity index (χ0v) is 19.2. The van der Waals surface area contributed by atoms with Gasteiger partial charge in [0.2, 0.25) is 0 Å². The highest BCUT2D eigenvalue weighted by molar-refractivity contribution is 6.34. The van der Waals surface area contributed by atoms with Gasteiger partial charge in [0, 0.05) is 23.6 Å². The molecule has 0 fully saturated rings. The Balaban J connectivity index is 1.77. The van der Waals surface area contributed by atoms with Crippen LogP contribution in [0.5, 0.6) is 0 Å². The number of hydrogen-bond donors (Lipinski definition) is 2. The van der Waals surface area contributed by atoms with Crippen LogP contribution in [0, 0.1) is 5.82 Å². The topological polar surface area (TPSA) is 45.2 Å². The van der Waals surface area contributed by atoms with E-state index in [-0.39, 0.29) is 6.42 Å². The summed E-state index contributed by atoms with van der Waals surface area (Å²) >= 11 is 6.50. The minimum absolute atomic E-state index is 0.0964. The third kappa shape index (κ3) is 5.00. The van der Waals surface area contributed by atoms with E-state index >= 15 is 0 Å². The second-order valence-corrected chi connectivity index (χ2v) is 8.95. The maximum absolute atomic E-state index is 14.5. The van der Waals surface area contributed by atoms with Crippen molar-refractivity contribution < 1.29 is 13.9 Å². The average molecular weight is 467 g/mol. The van der Waals surface area contributed by atoms with Crippen LogP contribution < -0.4 is 5.32 Å². The summed E-state index contributed by atoms with van der Waals surface area (Å²) in [5.41, 5.74) is 3.47. The summed E-state index contributed by atoms with van der Waals surface area (Å²) in [6.45, 7) is 2.88. The molecule has 3 nitrogen and oxygen atoms in total. The Morgan fingerprint density at radius 2 is 1.73 bits per heavy atom. The molecule has 0 aliphatic rings. The summed E-state index contributed by atoms with van der Waals surface area (Å²) < 4.78 is 27.8. The van der Waals surface area contributed by atoms with Crippen LogP contribution in [0.4, 0.5) is 14.5 Å². The van der Waals surface area contributed by atoms with E-state index in [1.807, 2.05) is 42.5 Å². The van der Waals surface area contributed by atoms with E-state index in [0.717, 1.165) is 22.1 Å². The third-order valence-corrected chi connectivity index (χ3v) is 6.03. The predicted molar refractivity (Wildman–Crippen MR) is 131 cm³/mol. The van der Waals surface area contributed by atoms with Gasteiger partial charge in [0.1, 0.15) is 5.82 Å². The Bertz CT molecular complexity index is 1270. The van der Waals surface area contributed by atoms with Crippen LogP contribution in [-0.2, 0) is 5.60 Å². The second-order valence-electron chi connectivity index (χ2n) is 8.55. The smallest absolute Gasteiger partial charge is 0.128 e. The number of nitrogens with one attached hydrogen (secondary N) is 1. The molecule has 170 valence electrons. The fourth-order valence-electron chi connectivity index (χ4n) is 3.91. The van der Waals surface area contributed by atoms with Gasteiger partial charge >= 0.3 is 0 Å². The standard InChI is InChI=1S/C27H25ClF2N2O/c1-27(2,33)19-10-7-17(8-11-19)18-9-12-24-21(15-18)26(22(28)16-31-24)32-25(13-14-29)20-5-3-4-6-23(20)30/h3-12,15-16,25,33H,13-14H2,1-2H3,(H,31,32). The van der Waals surface area contributed by atoms with Gasteiger partial charge in [-0.1, -0.05) is 60.1 Å². The van der Waals surface area contributed by atoms with Crippen molar-refractivity contribution in [2.45, 2.75) is 31.9 Å². The number of alkyl halides is 1. The lowest BCUT2D eigenvalue weighted by molar-refractivity contribution is 0.0786. The van der Waals surface area contributed by atoms with Gasteiger partial charge in [-0.3, -0.25) is 9.37 Å². The molecule has 0 aliphatic carbocycles. The highest BCUT2D eigenvalue weighted by atomic mass is 35.5. The molecule has 0 spiro atoms. The summed E-state index contributed by atoms with van der Waals surface area (Å²) in [5, 5.41) is 14.6. The molecule has 1 atom stereocenters. The molecular formula is C27H25ClF2N2O. The number of pyridine rings is 1. The molecule has 2 N–H and O–H groups in total. The SMILES string of the molecule is CC(C)(O)c1ccc(-c2ccc3ncc(Cl)c(NC(CCF)c4ccccc4F)c3c2)cc1. The number of nitrogens with zero attached hydrogens (tertiary/aromatic N) is 1. The zero-order chi connectivity index (χ0) is 23.6. The highest BCUT2D eigenvalue weighted by Gasteiger charge is 2.19. The van der Waals surface area contributed by atoms with Crippen LogP contribution >= 0.6 is 11.6 Å². The Hall–Kier alpha value is -3.02. The first-order valence-electron chi connectivity index (χ1n) is 10.8. The van der Waals surface area contributed by atoms with Gasteiger partial charge in [0.25, 0.3) is 0 Å². The lowest BCUT2D eigenvalue weighted by atomic mass is 9.95. The van der Waals surface area contributed by atoms with E-state index < -0.39 is 24.1 Å². The van der Waals surface area contributed by atoms with Crippen molar-refractivity contribution in [3.05, 3.63) is 94.9 Å². The maximum atomic E-state index is 14.5. The molecular weight excluding hydrogens is 442 g/mol. The van der Waals surface area contributed by atoms with Gasteiger partial charge in [0.15, 0.2) is 0 Å². The molecule has 0 amide bonds. The van der Waals surface area contributed by atoms with Crippen molar-refractivity contribution in [1.29, 1.82) is 0 Å². The lowest BCUT2D eigenvalue weighted by Gasteiger charge is -2.22. The number of rotatable bonds is 7. The summed E-state index contributed by atoms with van der Waals surface area (Å²) in [7, 11) is 0. The monoisotopic (exact) mass is 466 g/mol. The second kappa shape index (κ2) is 9.46. The van der Waals surface area contributed by atoms with Gasteiger partial charge in [-0.2, -0.15) is 0 Å². The molecule has 0 saturated carbocycles. The first-order chi connectivity index (χ1) is 15.8. The summed E-state index contributed by atoms with van der Waals surface area (Å²) in [4.78, 5) is 4.41. The van der Waals surface area contributed by atoms with Crippen LogP contribution in [0.3, 0.4) is 0 Å². The molecule has 6 heteroatoms. The molecule has 1 aromatic heterocycles. The number of aromatic nitrogens is 1. The molecule has 0 saturated heterocycles. The van der Waals surface area contributed by atoms with E-state index in [4.69, 9.17) is 11.6 Å². The van der Waals surface area contributed by atoms with Crippen molar-refractivity contribution >= 4 is 28.2 Å². The summed E-state index contributed by atoms with van der Waals surface area (Å²) in [6.07, 6.45) is 1.64. The summed E-state index contributed by atoms with van der Waals surface area (Å²) in [5.74, 6) is -0.398. The molecule has 3 aromatic carbocycles. The number of anilines is 1. The lowest BCUT2D eigenvalue weighted by Crippen LogP contribution is -2.14. The molecule has 1 heterocycles. The average Bonchev–Trinajstić information content (AvgIpc) is 2.80. The molecule has 1 unspecified atom stereocenters. The van der Waals surface area contributed by atoms with Crippen LogP contribution in [0.1, 0.15) is 37.4 Å². The first kappa shape index (κ1) is 23.1. The fourth-order valence-corrected chi connectivity index (χ4v) is 4.12. The summed E-state index contributed by atoms with van der Waals surface area (Å²) in [6, 6.07) is 19.3. The van der Waals surface area contributed by atoms with Gasteiger partial charge < -0.3 is 10.4 Å². The van der Waals surface area contributed by atoms with Gasteiger partial charge in [0.05, 0.1) is 34.5 Å². The minimum Gasteiger partial charge on any atom is -0.386 e. The van der Waals surface area contributed by atoms with Crippen molar-refractivity contribution in [3.8, 4) is 11.1 Å². The Labute approximate surface area is 197 Å². The Morgan fingerprint density at radius 3 is 2.39 bits per heavy atom. The first-order valence-corrected chi connectivity index (χ1v) is 11.1. The van der Waals surface area contributed by atoms with Crippen molar-refractivity contribution in [3.63, 3.8) is 0 Å². The van der Waals surface area contributed by atoms with E-state index in [9.17, 15) is 13.9 Å². The van der Waals surface area contributed by atoms with E-state index in [2.05, 4.69) is 10.3 Å². The number of aliphatic hydroxyl groups is 1. The van der Waals surface area contributed by atoms with Gasteiger partial charge in [-0.25, -0.2) is 4.39 Å². The molecule has 0 aliphatic heterocycles. The number of benzene rings is 3. The van der Waals surface area contributed by atoms with Crippen LogP contribution in [0.2, 0.25) is 5.02 Å². The molecule has 0 radical (unpaired) electrons. The van der Waals surface area contributed by atoms with Crippen molar-refractivity contribution in [1.82, 2.24) is 4.98 Å². The molecule has 0 bridgehead atoms. The zero-order valence-electron chi connectivity index (χ0n) is 18.4. The normalized spacial score (nSPS) is 12.7. The molecule has 4 aromatic rings. The number of halogens is 3. The predicted octanol–water partition coefficient (Wildman–Crippen LogP) is 7.43. The quantitative estimate of drug-likeness (QED) is 0.297. The van der Waals surface area contributed by atoms with Gasteiger partial charge in [-0.15, -0.1) is 0 Å². The van der Waals surface area contributed by atoms with Crippen LogP contribution in [0.25, 0.3) is 22.0 Å². The Kier molecular flexibility index (Phi) is 6.63. The number of hydrogen-bond acceptors (Lipinski definition) is 3. The van der Waals surface area contributed by atoms with E-state index in [0.29, 0.717) is 21.8 Å². The molecule has 4 rings (SSSR count). The fraction of sp³-hybridized carbons (Fsp3) is 0.222. The van der Waals surface area contributed by atoms with Crippen molar-refractivity contribution in [2.24, 2.45) is 0 Å². The highest BCUT2D eigenvalue weighted by Crippen LogP contribution is 2.36. The van der Waals surface area contributed by atoms with E-state index in [1.54, 1.807) is 32.0 Å². The molecule has 33 heavy (non-hydrogen) atoms.